The van der Waals surface area contributed by atoms with Crippen molar-refractivity contribution < 1.29 is 14.3 Å². The summed E-state index contributed by atoms with van der Waals surface area (Å²) >= 11 is 0. The molecule has 0 aliphatic carbocycles. The van der Waals surface area contributed by atoms with E-state index in [2.05, 4.69) is 4.90 Å². The molecule has 130 valence electrons. The van der Waals surface area contributed by atoms with Gasteiger partial charge in [-0.15, -0.1) is 0 Å². The molecule has 3 heterocycles. The molecule has 2 amide bonds. The minimum Gasteiger partial charge on any atom is -0.375 e. The van der Waals surface area contributed by atoms with Gasteiger partial charge in [-0.05, 0) is 45.2 Å². The molecular formula is C17H29N3O3. The minimum atomic E-state index is -0.327. The maximum atomic E-state index is 13.0. The van der Waals surface area contributed by atoms with Crippen LogP contribution in [0.1, 0.15) is 32.1 Å². The number of ether oxygens (including phenoxy) is 1. The highest BCUT2D eigenvalue weighted by atomic mass is 16.5. The molecule has 1 unspecified atom stereocenters. The van der Waals surface area contributed by atoms with Gasteiger partial charge in [-0.2, -0.15) is 0 Å². The molecule has 1 spiro atoms. The number of rotatable bonds is 5. The summed E-state index contributed by atoms with van der Waals surface area (Å²) in [5.41, 5.74) is -0.327. The van der Waals surface area contributed by atoms with E-state index in [-0.39, 0.29) is 23.8 Å². The van der Waals surface area contributed by atoms with Gasteiger partial charge >= 0.3 is 0 Å². The van der Waals surface area contributed by atoms with E-state index in [1.54, 1.807) is 7.11 Å². The van der Waals surface area contributed by atoms with Crippen LogP contribution in [-0.2, 0) is 14.3 Å². The van der Waals surface area contributed by atoms with Crippen LogP contribution in [0.2, 0.25) is 0 Å². The molecule has 6 nitrogen and oxygen atoms in total. The second-order valence-electron chi connectivity index (χ2n) is 7.22. The molecule has 0 saturated carbocycles. The maximum absolute atomic E-state index is 13.0. The zero-order valence-corrected chi connectivity index (χ0v) is 14.3. The molecular weight excluding hydrogens is 294 g/mol. The first-order chi connectivity index (χ1) is 11.1. The summed E-state index contributed by atoms with van der Waals surface area (Å²) < 4.78 is 4.96. The third-order valence-corrected chi connectivity index (χ3v) is 5.68. The van der Waals surface area contributed by atoms with Crippen LogP contribution in [0, 0.1) is 5.41 Å². The normalized spacial score (nSPS) is 29.0. The Morgan fingerprint density at radius 1 is 1.09 bits per heavy atom. The van der Waals surface area contributed by atoms with Crippen LogP contribution in [0.25, 0.3) is 0 Å². The lowest BCUT2D eigenvalue weighted by molar-refractivity contribution is -0.145. The second-order valence-corrected chi connectivity index (χ2v) is 7.22. The third kappa shape index (κ3) is 3.53. The van der Waals surface area contributed by atoms with E-state index in [4.69, 9.17) is 4.74 Å². The predicted octanol–water partition coefficient (Wildman–Crippen LogP) is 0.570. The average Bonchev–Trinajstić information content (AvgIpc) is 3.17. The summed E-state index contributed by atoms with van der Waals surface area (Å²) in [6, 6.07) is 0. The van der Waals surface area contributed by atoms with Crippen molar-refractivity contribution in [3.8, 4) is 0 Å². The molecule has 0 aromatic carbocycles. The van der Waals surface area contributed by atoms with Crippen molar-refractivity contribution in [1.29, 1.82) is 0 Å². The van der Waals surface area contributed by atoms with Crippen molar-refractivity contribution in [2.75, 3.05) is 59.5 Å². The predicted molar refractivity (Wildman–Crippen MR) is 87.0 cm³/mol. The Bertz CT molecular complexity index is 450. The van der Waals surface area contributed by atoms with E-state index in [1.807, 2.05) is 9.80 Å². The van der Waals surface area contributed by atoms with Crippen LogP contribution in [0.4, 0.5) is 0 Å². The Labute approximate surface area is 138 Å². The summed E-state index contributed by atoms with van der Waals surface area (Å²) in [5, 5.41) is 0. The van der Waals surface area contributed by atoms with Gasteiger partial charge in [0.1, 0.15) is 6.61 Å². The highest BCUT2D eigenvalue weighted by molar-refractivity contribution is 5.86. The van der Waals surface area contributed by atoms with Crippen LogP contribution in [-0.4, -0.2) is 86.0 Å². The molecule has 1 atom stereocenters. The zero-order valence-electron chi connectivity index (χ0n) is 14.3. The topological polar surface area (TPSA) is 53.1 Å². The summed E-state index contributed by atoms with van der Waals surface area (Å²) in [4.78, 5) is 31.4. The Balaban J connectivity index is 1.56. The smallest absolute Gasteiger partial charge is 0.248 e. The number of hydrogen-bond acceptors (Lipinski definition) is 4. The van der Waals surface area contributed by atoms with Crippen LogP contribution in [0.5, 0.6) is 0 Å². The summed E-state index contributed by atoms with van der Waals surface area (Å²) in [7, 11) is 1.54. The largest absolute Gasteiger partial charge is 0.375 e. The molecule has 3 rings (SSSR count). The van der Waals surface area contributed by atoms with Crippen molar-refractivity contribution in [2.45, 2.75) is 32.1 Å². The van der Waals surface area contributed by atoms with E-state index >= 15 is 0 Å². The van der Waals surface area contributed by atoms with Gasteiger partial charge in [0.25, 0.3) is 0 Å². The number of carbonyl (C=O) groups is 2. The van der Waals surface area contributed by atoms with Crippen molar-refractivity contribution in [1.82, 2.24) is 14.7 Å². The fourth-order valence-electron chi connectivity index (χ4n) is 4.31. The van der Waals surface area contributed by atoms with E-state index in [0.29, 0.717) is 6.54 Å². The van der Waals surface area contributed by atoms with Crippen molar-refractivity contribution in [2.24, 2.45) is 5.41 Å². The van der Waals surface area contributed by atoms with Gasteiger partial charge in [-0.3, -0.25) is 9.59 Å². The second kappa shape index (κ2) is 7.18. The Hall–Kier alpha value is -1.14. The van der Waals surface area contributed by atoms with E-state index < -0.39 is 0 Å². The summed E-state index contributed by atoms with van der Waals surface area (Å²) in [5.74, 6) is 0.279. The lowest BCUT2D eigenvalue weighted by Crippen LogP contribution is -2.51. The van der Waals surface area contributed by atoms with E-state index in [9.17, 15) is 9.59 Å². The minimum absolute atomic E-state index is 0.00916. The van der Waals surface area contributed by atoms with Gasteiger partial charge in [0.05, 0.1) is 5.41 Å². The molecule has 6 heteroatoms. The van der Waals surface area contributed by atoms with Gasteiger partial charge in [0.15, 0.2) is 0 Å². The van der Waals surface area contributed by atoms with Gasteiger partial charge in [0, 0.05) is 39.8 Å². The van der Waals surface area contributed by atoms with Gasteiger partial charge in [-0.25, -0.2) is 0 Å². The van der Waals surface area contributed by atoms with Crippen molar-refractivity contribution >= 4 is 11.8 Å². The molecule has 3 saturated heterocycles. The molecule has 0 aromatic rings. The van der Waals surface area contributed by atoms with Crippen LogP contribution < -0.4 is 0 Å². The number of amides is 2. The molecule has 0 aromatic heterocycles. The molecule has 0 radical (unpaired) electrons. The van der Waals surface area contributed by atoms with Crippen LogP contribution >= 0.6 is 0 Å². The number of carbonyl (C=O) groups excluding carboxylic acids is 2. The summed E-state index contributed by atoms with van der Waals surface area (Å²) in [6.07, 6.45) is 5.30. The SMILES string of the molecule is COCC(=O)N1CCCC2(CCN(CCN3CCCC3)C2=O)C1. The molecule has 0 bridgehead atoms. The quantitative estimate of drug-likeness (QED) is 0.742. The average molecular weight is 323 g/mol. The molecule has 3 aliphatic rings. The fraction of sp³-hybridized carbons (Fsp3) is 0.882. The molecule has 23 heavy (non-hydrogen) atoms. The number of methoxy groups -OCH3 is 1. The Morgan fingerprint density at radius 3 is 2.61 bits per heavy atom. The molecule has 3 fully saturated rings. The first-order valence-corrected chi connectivity index (χ1v) is 8.93. The number of hydrogen-bond donors (Lipinski definition) is 0. The zero-order chi connectivity index (χ0) is 16.3. The third-order valence-electron chi connectivity index (χ3n) is 5.68. The first kappa shape index (κ1) is 16.7. The van der Waals surface area contributed by atoms with E-state index in [1.165, 1.54) is 25.9 Å². The van der Waals surface area contributed by atoms with Gasteiger partial charge in [-0.1, -0.05) is 0 Å². The van der Waals surface area contributed by atoms with Gasteiger partial charge < -0.3 is 19.4 Å². The number of nitrogens with zero attached hydrogens (tertiary/aromatic N) is 3. The Morgan fingerprint density at radius 2 is 1.87 bits per heavy atom. The standard InChI is InChI=1S/C17H29N3O3/c1-23-13-15(21)20-9-4-5-17(14-20)6-10-19(16(17)22)12-11-18-7-2-3-8-18/h2-14H2,1H3. The van der Waals surface area contributed by atoms with Crippen LogP contribution in [0.3, 0.4) is 0 Å². The highest BCUT2D eigenvalue weighted by Gasteiger charge is 2.49. The first-order valence-electron chi connectivity index (χ1n) is 8.93. The van der Waals surface area contributed by atoms with Crippen LogP contribution in [0.15, 0.2) is 0 Å². The lowest BCUT2D eigenvalue weighted by Gasteiger charge is -2.39. The maximum Gasteiger partial charge on any atom is 0.248 e. The van der Waals surface area contributed by atoms with E-state index in [0.717, 1.165) is 45.4 Å². The number of piperidine rings is 1. The highest BCUT2D eigenvalue weighted by Crippen LogP contribution is 2.40. The van der Waals surface area contributed by atoms with Crippen molar-refractivity contribution in [3.63, 3.8) is 0 Å². The van der Waals surface area contributed by atoms with Crippen molar-refractivity contribution in [3.05, 3.63) is 0 Å². The number of likely N-dealkylation sites (tertiary alicyclic amines) is 3. The summed E-state index contributed by atoms with van der Waals surface area (Å²) in [6.45, 7) is 6.47. The molecule has 0 N–H and O–H groups in total. The monoisotopic (exact) mass is 323 g/mol. The van der Waals surface area contributed by atoms with Gasteiger partial charge in [0.2, 0.25) is 11.8 Å². The lowest BCUT2D eigenvalue weighted by atomic mass is 9.78. The molecule has 3 aliphatic heterocycles. The fourth-order valence-corrected chi connectivity index (χ4v) is 4.31. The Kier molecular flexibility index (Phi) is 5.21.